The van der Waals surface area contributed by atoms with Crippen LogP contribution < -0.4 is 9.46 Å². The number of benzene rings is 2. The van der Waals surface area contributed by atoms with Gasteiger partial charge >= 0.3 is 0 Å². The van der Waals surface area contributed by atoms with Gasteiger partial charge in [0.1, 0.15) is 5.75 Å². The van der Waals surface area contributed by atoms with Gasteiger partial charge in [-0.3, -0.25) is 0 Å². The number of sulfonamides is 1. The molecular formula is C16H16ClNO3S. The number of ether oxygens (including phenoxy) is 1. The van der Waals surface area contributed by atoms with Crippen molar-refractivity contribution in [3.8, 4) is 5.75 Å². The van der Waals surface area contributed by atoms with Gasteiger partial charge in [-0.25, -0.2) is 13.1 Å². The standard InChI is InChI=1S/C16H16ClNO3S/c1-21-16-5-3-2-4-14(16)12-18-22(19,20)11-10-13-6-8-15(17)9-7-13/h2-11,18H,12H2,1H3/b11-10+. The Morgan fingerprint density at radius 3 is 2.50 bits per heavy atom. The van der Waals surface area contributed by atoms with Gasteiger partial charge in [-0.1, -0.05) is 41.9 Å². The summed E-state index contributed by atoms with van der Waals surface area (Å²) in [5.74, 6) is 0.645. The first-order valence-corrected chi connectivity index (χ1v) is 8.48. The molecule has 0 aliphatic carbocycles. The van der Waals surface area contributed by atoms with Gasteiger partial charge < -0.3 is 4.74 Å². The maximum absolute atomic E-state index is 12.0. The lowest BCUT2D eigenvalue weighted by atomic mass is 10.2. The van der Waals surface area contributed by atoms with Crippen LogP contribution in [0.3, 0.4) is 0 Å². The van der Waals surface area contributed by atoms with Crippen LogP contribution in [0.2, 0.25) is 5.02 Å². The molecule has 2 aromatic carbocycles. The van der Waals surface area contributed by atoms with Crippen LogP contribution >= 0.6 is 11.6 Å². The molecule has 116 valence electrons. The highest BCUT2D eigenvalue weighted by atomic mass is 35.5. The molecule has 0 atom stereocenters. The molecule has 0 saturated carbocycles. The molecule has 1 N–H and O–H groups in total. The van der Waals surface area contributed by atoms with Crippen LogP contribution in [-0.4, -0.2) is 15.5 Å². The molecule has 0 radical (unpaired) electrons. The van der Waals surface area contributed by atoms with E-state index in [1.165, 1.54) is 6.08 Å². The van der Waals surface area contributed by atoms with Crippen LogP contribution in [-0.2, 0) is 16.6 Å². The minimum absolute atomic E-state index is 0.164. The Bertz CT molecular complexity index is 755. The van der Waals surface area contributed by atoms with E-state index in [0.29, 0.717) is 10.8 Å². The Morgan fingerprint density at radius 1 is 1.14 bits per heavy atom. The number of hydrogen-bond acceptors (Lipinski definition) is 3. The predicted octanol–water partition coefficient (Wildman–Crippen LogP) is 3.44. The fourth-order valence-corrected chi connectivity index (χ4v) is 2.73. The number of para-hydroxylation sites is 1. The molecular weight excluding hydrogens is 322 g/mol. The zero-order chi connectivity index (χ0) is 16.0. The number of nitrogens with one attached hydrogen (secondary N) is 1. The van der Waals surface area contributed by atoms with Crippen molar-refractivity contribution in [3.63, 3.8) is 0 Å². The van der Waals surface area contributed by atoms with Gasteiger partial charge in [0.25, 0.3) is 0 Å². The molecule has 0 amide bonds. The van der Waals surface area contributed by atoms with Crippen molar-refractivity contribution in [2.75, 3.05) is 7.11 Å². The van der Waals surface area contributed by atoms with Crippen LogP contribution in [0.5, 0.6) is 5.75 Å². The van der Waals surface area contributed by atoms with E-state index in [1.54, 1.807) is 37.4 Å². The second-order valence-electron chi connectivity index (χ2n) is 4.53. The lowest BCUT2D eigenvalue weighted by molar-refractivity contribution is 0.409. The molecule has 0 aliphatic heterocycles. The summed E-state index contributed by atoms with van der Waals surface area (Å²) in [6.07, 6.45) is 1.51. The van der Waals surface area contributed by atoms with Crippen molar-refractivity contribution in [3.05, 3.63) is 70.1 Å². The molecule has 0 spiro atoms. The molecule has 2 rings (SSSR count). The van der Waals surface area contributed by atoms with E-state index in [-0.39, 0.29) is 6.54 Å². The van der Waals surface area contributed by atoms with Gasteiger partial charge in [-0.05, 0) is 29.8 Å². The van der Waals surface area contributed by atoms with E-state index in [2.05, 4.69) is 4.72 Å². The van der Waals surface area contributed by atoms with Crippen LogP contribution in [0.25, 0.3) is 6.08 Å². The predicted molar refractivity (Wildman–Crippen MR) is 89.2 cm³/mol. The Balaban J connectivity index is 2.03. The van der Waals surface area contributed by atoms with Crippen molar-refractivity contribution in [1.82, 2.24) is 4.72 Å². The highest BCUT2D eigenvalue weighted by Gasteiger charge is 2.07. The first kappa shape index (κ1) is 16.5. The van der Waals surface area contributed by atoms with E-state index in [9.17, 15) is 8.42 Å². The van der Waals surface area contributed by atoms with Gasteiger partial charge in [0.05, 0.1) is 7.11 Å². The Morgan fingerprint density at radius 2 is 1.82 bits per heavy atom. The van der Waals surface area contributed by atoms with Gasteiger partial charge in [0.2, 0.25) is 10.0 Å². The molecule has 2 aromatic rings. The third-order valence-corrected chi connectivity index (χ3v) is 4.26. The Hall–Kier alpha value is -1.82. The summed E-state index contributed by atoms with van der Waals surface area (Å²) >= 11 is 5.78. The van der Waals surface area contributed by atoms with E-state index in [1.807, 2.05) is 18.2 Å². The van der Waals surface area contributed by atoms with Gasteiger partial charge in [0.15, 0.2) is 0 Å². The fourth-order valence-electron chi connectivity index (χ4n) is 1.82. The molecule has 0 fully saturated rings. The molecule has 0 aromatic heterocycles. The molecule has 0 heterocycles. The SMILES string of the molecule is COc1ccccc1CNS(=O)(=O)/C=C/c1ccc(Cl)cc1. The average Bonchev–Trinajstić information content (AvgIpc) is 2.53. The van der Waals surface area contributed by atoms with Gasteiger partial charge in [0, 0.05) is 22.5 Å². The van der Waals surface area contributed by atoms with Crippen molar-refractivity contribution in [2.24, 2.45) is 0 Å². The van der Waals surface area contributed by atoms with E-state index in [4.69, 9.17) is 16.3 Å². The Labute approximate surface area is 135 Å². The Kier molecular flexibility index (Phi) is 5.60. The largest absolute Gasteiger partial charge is 0.496 e. The highest BCUT2D eigenvalue weighted by molar-refractivity contribution is 7.92. The summed E-state index contributed by atoms with van der Waals surface area (Å²) in [4.78, 5) is 0. The van der Waals surface area contributed by atoms with E-state index in [0.717, 1.165) is 16.5 Å². The molecule has 0 bridgehead atoms. The maximum atomic E-state index is 12.0. The quantitative estimate of drug-likeness (QED) is 0.878. The van der Waals surface area contributed by atoms with E-state index < -0.39 is 10.0 Å². The number of hydrogen-bond donors (Lipinski definition) is 1. The number of methoxy groups -OCH3 is 1. The van der Waals surface area contributed by atoms with Crippen molar-refractivity contribution in [1.29, 1.82) is 0 Å². The summed E-state index contributed by atoms with van der Waals surface area (Å²) < 4.78 is 31.7. The van der Waals surface area contributed by atoms with Crippen LogP contribution in [0.1, 0.15) is 11.1 Å². The summed E-state index contributed by atoms with van der Waals surface area (Å²) in [7, 11) is -1.98. The first-order chi connectivity index (χ1) is 10.5. The second-order valence-corrected chi connectivity index (χ2v) is 6.62. The minimum atomic E-state index is -3.53. The molecule has 22 heavy (non-hydrogen) atoms. The van der Waals surface area contributed by atoms with Gasteiger partial charge in [-0.2, -0.15) is 0 Å². The third kappa shape index (κ3) is 4.87. The maximum Gasteiger partial charge on any atom is 0.234 e. The molecule has 0 saturated heterocycles. The summed E-state index contributed by atoms with van der Waals surface area (Å²) in [6.45, 7) is 0.164. The summed E-state index contributed by atoms with van der Waals surface area (Å²) in [5, 5.41) is 1.74. The van der Waals surface area contributed by atoms with Crippen molar-refractivity contribution < 1.29 is 13.2 Å². The highest BCUT2D eigenvalue weighted by Crippen LogP contribution is 2.17. The monoisotopic (exact) mass is 337 g/mol. The van der Waals surface area contributed by atoms with Crippen molar-refractivity contribution >= 4 is 27.7 Å². The lowest BCUT2D eigenvalue weighted by Crippen LogP contribution is -2.20. The molecule has 4 nitrogen and oxygen atoms in total. The normalized spacial score (nSPS) is 11.7. The first-order valence-electron chi connectivity index (χ1n) is 6.55. The number of halogens is 1. The van der Waals surface area contributed by atoms with E-state index >= 15 is 0 Å². The second kappa shape index (κ2) is 7.45. The average molecular weight is 338 g/mol. The lowest BCUT2D eigenvalue weighted by Gasteiger charge is -2.08. The van der Waals surface area contributed by atoms with Crippen molar-refractivity contribution in [2.45, 2.75) is 6.54 Å². The van der Waals surface area contributed by atoms with Crippen LogP contribution in [0, 0.1) is 0 Å². The smallest absolute Gasteiger partial charge is 0.234 e. The zero-order valence-corrected chi connectivity index (χ0v) is 13.6. The topological polar surface area (TPSA) is 55.4 Å². The molecule has 0 unspecified atom stereocenters. The zero-order valence-electron chi connectivity index (χ0n) is 12.0. The van der Waals surface area contributed by atoms with Crippen LogP contribution in [0.4, 0.5) is 0 Å². The van der Waals surface area contributed by atoms with Gasteiger partial charge in [-0.15, -0.1) is 0 Å². The van der Waals surface area contributed by atoms with Crippen LogP contribution in [0.15, 0.2) is 53.9 Å². The minimum Gasteiger partial charge on any atom is -0.496 e. The fraction of sp³-hybridized carbons (Fsp3) is 0.125. The third-order valence-electron chi connectivity index (χ3n) is 2.97. The molecule has 0 aliphatic rings. The summed E-state index contributed by atoms with van der Waals surface area (Å²) in [5.41, 5.74) is 1.53. The summed E-state index contributed by atoms with van der Waals surface area (Å²) in [6, 6.07) is 14.2. The number of rotatable bonds is 6. The molecule has 6 heteroatoms.